The molecule has 0 saturated heterocycles. The lowest BCUT2D eigenvalue weighted by atomic mass is 10.0. The molecule has 0 amide bonds. The molecular weight excluding hydrogens is 423 g/mol. The SMILES string of the molecule is Cc1ccc(CC(=O)c2cccc(-n3cc(Cc4nc5ccc(F)cc5s4)cn3)c2)cn1. The van der Waals surface area contributed by atoms with Crippen molar-refractivity contribution < 1.29 is 9.18 Å². The number of halogens is 1. The van der Waals surface area contributed by atoms with Crippen molar-refractivity contribution in [2.45, 2.75) is 19.8 Å². The van der Waals surface area contributed by atoms with Crippen LogP contribution < -0.4 is 0 Å². The van der Waals surface area contributed by atoms with Crippen LogP contribution in [-0.4, -0.2) is 25.5 Å². The summed E-state index contributed by atoms with van der Waals surface area (Å²) in [6.45, 7) is 1.92. The molecule has 0 aliphatic heterocycles. The lowest BCUT2D eigenvalue weighted by Crippen LogP contribution is -2.05. The van der Waals surface area contributed by atoms with E-state index in [0.717, 1.165) is 37.7 Å². The zero-order chi connectivity index (χ0) is 22.1. The smallest absolute Gasteiger partial charge is 0.167 e. The van der Waals surface area contributed by atoms with Gasteiger partial charge in [-0.05, 0) is 54.4 Å². The summed E-state index contributed by atoms with van der Waals surface area (Å²) in [7, 11) is 0. The second-order valence-electron chi connectivity index (χ2n) is 7.65. The van der Waals surface area contributed by atoms with Crippen LogP contribution in [0.2, 0.25) is 0 Å². The number of carbonyl (C=O) groups excluding carboxylic acids is 1. The van der Waals surface area contributed by atoms with E-state index in [9.17, 15) is 9.18 Å². The van der Waals surface area contributed by atoms with Crippen LogP contribution in [0.3, 0.4) is 0 Å². The van der Waals surface area contributed by atoms with Gasteiger partial charge in [0.2, 0.25) is 0 Å². The third-order valence-electron chi connectivity index (χ3n) is 5.16. The maximum Gasteiger partial charge on any atom is 0.167 e. The summed E-state index contributed by atoms with van der Waals surface area (Å²) in [4.78, 5) is 21.6. The van der Waals surface area contributed by atoms with Gasteiger partial charge in [0.25, 0.3) is 0 Å². The van der Waals surface area contributed by atoms with E-state index >= 15 is 0 Å². The largest absolute Gasteiger partial charge is 0.294 e. The predicted octanol–water partition coefficient (Wildman–Crippen LogP) is 5.34. The van der Waals surface area contributed by atoms with E-state index in [2.05, 4.69) is 15.1 Å². The molecule has 5 rings (SSSR count). The molecule has 0 N–H and O–H groups in total. The highest BCUT2D eigenvalue weighted by Crippen LogP contribution is 2.25. The molecule has 0 spiro atoms. The standard InChI is InChI=1S/C25H19FN4OS/c1-16-5-6-17(13-27-16)9-23(31)19-3-2-4-21(11-19)30-15-18(14-28-30)10-25-29-22-8-7-20(26)12-24(22)32-25/h2-8,11-15H,9-10H2,1H3. The molecule has 0 saturated carbocycles. The van der Waals surface area contributed by atoms with E-state index in [4.69, 9.17) is 0 Å². The van der Waals surface area contributed by atoms with Gasteiger partial charge in [0.05, 0.1) is 27.1 Å². The quantitative estimate of drug-likeness (QED) is 0.333. The molecule has 0 aliphatic rings. The Morgan fingerprint density at radius 2 is 1.97 bits per heavy atom. The number of hydrogen-bond donors (Lipinski definition) is 0. The summed E-state index contributed by atoms with van der Waals surface area (Å²) in [5.74, 6) is -0.222. The number of fused-ring (bicyclic) bond motifs is 1. The Morgan fingerprint density at radius 3 is 2.81 bits per heavy atom. The minimum Gasteiger partial charge on any atom is -0.294 e. The average Bonchev–Trinajstić information content (AvgIpc) is 3.42. The highest BCUT2D eigenvalue weighted by Gasteiger charge is 2.11. The molecule has 5 aromatic rings. The average molecular weight is 443 g/mol. The molecule has 0 bridgehead atoms. The van der Waals surface area contributed by atoms with Crippen LogP contribution >= 0.6 is 11.3 Å². The molecule has 0 radical (unpaired) electrons. The van der Waals surface area contributed by atoms with Crippen LogP contribution in [0, 0.1) is 12.7 Å². The van der Waals surface area contributed by atoms with Gasteiger partial charge in [0, 0.05) is 36.5 Å². The number of benzene rings is 2. The fourth-order valence-electron chi connectivity index (χ4n) is 3.50. The summed E-state index contributed by atoms with van der Waals surface area (Å²) in [6.07, 6.45) is 6.38. The number of aryl methyl sites for hydroxylation is 1. The maximum absolute atomic E-state index is 13.4. The van der Waals surface area contributed by atoms with Gasteiger partial charge in [-0.1, -0.05) is 18.2 Å². The van der Waals surface area contributed by atoms with Crippen LogP contribution in [-0.2, 0) is 12.8 Å². The molecule has 3 aromatic heterocycles. The highest BCUT2D eigenvalue weighted by atomic mass is 32.1. The van der Waals surface area contributed by atoms with Gasteiger partial charge in [-0.3, -0.25) is 9.78 Å². The predicted molar refractivity (Wildman–Crippen MR) is 123 cm³/mol. The number of ketones is 1. The van der Waals surface area contributed by atoms with E-state index in [1.165, 1.54) is 23.5 Å². The van der Waals surface area contributed by atoms with Crippen LogP contribution in [0.5, 0.6) is 0 Å². The summed E-state index contributed by atoms with van der Waals surface area (Å²) >= 11 is 1.48. The van der Waals surface area contributed by atoms with Crippen LogP contribution in [0.25, 0.3) is 15.9 Å². The number of aromatic nitrogens is 4. The molecule has 0 atom stereocenters. The van der Waals surface area contributed by atoms with E-state index in [0.29, 0.717) is 18.4 Å². The Balaban J connectivity index is 1.33. The van der Waals surface area contributed by atoms with Gasteiger partial charge in [0.15, 0.2) is 5.78 Å². The Hall–Kier alpha value is -3.71. The molecule has 0 unspecified atom stereocenters. The second-order valence-corrected chi connectivity index (χ2v) is 8.76. The molecule has 0 aliphatic carbocycles. The zero-order valence-corrected chi connectivity index (χ0v) is 18.1. The first-order chi connectivity index (χ1) is 15.5. The molecule has 158 valence electrons. The number of Topliss-reactive ketones (excluding diaryl/α,β-unsaturated/α-hetero) is 1. The van der Waals surface area contributed by atoms with Crippen molar-refractivity contribution in [3.8, 4) is 5.69 Å². The van der Waals surface area contributed by atoms with Crippen molar-refractivity contribution in [3.05, 3.63) is 106 Å². The topological polar surface area (TPSA) is 60.7 Å². The van der Waals surface area contributed by atoms with Gasteiger partial charge < -0.3 is 0 Å². The number of hydrogen-bond acceptors (Lipinski definition) is 5. The van der Waals surface area contributed by atoms with Gasteiger partial charge in [0.1, 0.15) is 5.82 Å². The first kappa shape index (κ1) is 20.2. The van der Waals surface area contributed by atoms with Crippen LogP contribution in [0.4, 0.5) is 4.39 Å². The summed E-state index contributed by atoms with van der Waals surface area (Å²) in [5.41, 5.74) is 5.06. The molecule has 5 nitrogen and oxygen atoms in total. The second kappa shape index (κ2) is 8.43. The van der Waals surface area contributed by atoms with Gasteiger partial charge in [-0.2, -0.15) is 5.10 Å². The van der Waals surface area contributed by atoms with Gasteiger partial charge in [-0.25, -0.2) is 14.1 Å². The van der Waals surface area contributed by atoms with Crippen molar-refractivity contribution in [1.29, 1.82) is 0 Å². The lowest BCUT2D eigenvalue weighted by molar-refractivity contribution is 0.0993. The zero-order valence-electron chi connectivity index (χ0n) is 17.3. The fourth-order valence-corrected chi connectivity index (χ4v) is 4.53. The Morgan fingerprint density at radius 1 is 1.06 bits per heavy atom. The fraction of sp³-hybridized carbons (Fsp3) is 0.120. The maximum atomic E-state index is 13.4. The number of thiazole rings is 1. The highest BCUT2D eigenvalue weighted by molar-refractivity contribution is 7.18. The molecular formula is C25H19FN4OS. The summed E-state index contributed by atoms with van der Waals surface area (Å²) in [6, 6.07) is 15.9. The third-order valence-corrected chi connectivity index (χ3v) is 6.17. The van der Waals surface area contributed by atoms with Crippen LogP contribution in [0.15, 0.2) is 73.2 Å². The Labute approximate surface area is 188 Å². The molecule has 0 fully saturated rings. The van der Waals surface area contributed by atoms with Crippen LogP contribution in [0.1, 0.15) is 32.2 Å². The van der Waals surface area contributed by atoms with E-state index in [-0.39, 0.29) is 11.6 Å². The first-order valence-corrected chi connectivity index (χ1v) is 11.0. The lowest BCUT2D eigenvalue weighted by Gasteiger charge is -2.05. The number of nitrogens with zero attached hydrogens (tertiary/aromatic N) is 4. The summed E-state index contributed by atoms with van der Waals surface area (Å²) < 4.78 is 16.0. The minimum atomic E-state index is -0.256. The normalized spacial score (nSPS) is 11.2. The molecule has 2 aromatic carbocycles. The van der Waals surface area contributed by atoms with Gasteiger partial charge in [-0.15, -0.1) is 11.3 Å². The molecule has 7 heteroatoms. The third kappa shape index (κ3) is 4.33. The Kier molecular flexibility index (Phi) is 5.33. The van der Waals surface area contributed by atoms with Crippen molar-refractivity contribution >= 4 is 27.3 Å². The van der Waals surface area contributed by atoms with E-state index in [1.807, 2.05) is 49.5 Å². The monoisotopic (exact) mass is 442 g/mol. The van der Waals surface area contributed by atoms with Gasteiger partial charge >= 0.3 is 0 Å². The van der Waals surface area contributed by atoms with Crippen molar-refractivity contribution in [2.75, 3.05) is 0 Å². The minimum absolute atomic E-state index is 0.0339. The molecule has 3 heterocycles. The number of carbonyl (C=O) groups is 1. The van der Waals surface area contributed by atoms with Crippen molar-refractivity contribution in [3.63, 3.8) is 0 Å². The Bertz CT molecular complexity index is 1420. The number of rotatable bonds is 6. The van der Waals surface area contributed by atoms with Crippen molar-refractivity contribution in [2.24, 2.45) is 0 Å². The number of pyridine rings is 1. The van der Waals surface area contributed by atoms with E-state index < -0.39 is 0 Å². The molecule has 32 heavy (non-hydrogen) atoms. The summed E-state index contributed by atoms with van der Waals surface area (Å²) in [5, 5.41) is 5.36. The van der Waals surface area contributed by atoms with Crippen molar-refractivity contribution in [1.82, 2.24) is 19.7 Å². The first-order valence-electron chi connectivity index (χ1n) is 10.2. The van der Waals surface area contributed by atoms with E-state index in [1.54, 1.807) is 23.1 Å².